The summed E-state index contributed by atoms with van der Waals surface area (Å²) in [4.78, 5) is 19.0. The van der Waals surface area contributed by atoms with Gasteiger partial charge in [-0.2, -0.15) is 0 Å². The summed E-state index contributed by atoms with van der Waals surface area (Å²) >= 11 is 0. The second-order valence-corrected chi connectivity index (χ2v) is 7.00. The maximum atomic E-state index is 12.9. The Morgan fingerprint density at radius 3 is 2.61 bits per heavy atom. The average molecular weight is 310 g/mol. The van der Waals surface area contributed by atoms with Crippen molar-refractivity contribution >= 4 is 5.91 Å². The van der Waals surface area contributed by atoms with E-state index in [4.69, 9.17) is 4.74 Å². The van der Waals surface area contributed by atoms with Crippen LogP contribution in [-0.2, 0) is 6.54 Å². The summed E-state index contributed by atoms with van der Waals surface area (Å²) in [5.41, 5.74) is 1.56. The highest BCUT2D eigenvalue weighted by Gasteiger charge is 2.35. The van der Waals surface area contributed by atoms with Crippen LogP contribution < -0.4 is 4.74 Å². The summed E-state index contributed by atoms with van der Waals surface area (Å²) in [5, 5.41) is 0. The summed E-state index contributed by atoms with van der Waals surface area (Å²) in [6.45, 7) is 7.49. The smallest absolute Gasteiger partial charge is 0.259 e. The van der Waals surface area contributed by atoms with Gasteiger partial charge >= 0.3 is 0 Å². The van der Waals surface area contributed by atoms with Crippen molar-refractivity contribution in [2.45, 2.75) is 33.4 Å². The lowest BCUT2D eigenvalue weighted by Gasteiger charge is -2.32. The monoisotopic (exact) mass is 310 g/mol. The van der Waals surface area contributed by atoms with E-state index in [0.717, 1.165) is 5.56 Å². The molecule has 4 heteroatoms. The standard InChI is InChI=1S/C19H22N2O2/c1-19(2,3)16-13-21(12-14-8-5-4-6-9-14)18(22)15-10-7-11-20-17(15)23-16/h4-11,16H,12-13H2,1-3H3. The molecular formula is C19H22N2O2. The zero-order chi connectivity index (χ0) is 16.4. The van der Waals surface area contributed by atoms with Crippen LogP contribution in [0.2, 0.25) is 0 Å². The first-order valence-electron chi connectivity index (χ1n) is 7.90. The Balaban J connectivity index is 1.96. The zero-order valence-electron chi connectivity index (χ0n) is 13.8. The molecule has 120 valence electrons. The van der Waals surface area contributed by atoms with E-state index in [9.17, 15) is 4.79 Å². The van der Waals surface area contributed by atoms with Crippen molar-refractivity contribution in [3.63, 3.8) is 0 Å². The molecule has 0 radical (unpaired) electrons. The summed E-state index contributed by atoms with van der Waals surface area (Å²) in [6.07, 6.45) is 1.56. The van der Waals surface area contributed by atoms with Crippen molar-refractivity contribution in [2.75, 3.05) is 6.54 Å². The molecule has 1 atom stereocenters. The fourth-order valence-corrected chi connectivity index (χ4v) is 2.66. The van der Waals surface area contributed by atoms with Crippen LogP contribution >= 0.6 is 0 Å². The van der Waals surface area contributed by atoms with Gasteiger partial charge in [0.15, 0.2) is 0 Å². The Kier molecular flexibility index (Phi) is 4.07. The molecule has 1 aliphatic heterocycles. The first kappa shape index (κ1) is 15.5. The Morgan fingerprint density at radius 2 is 1.91 bits per heavy atom. The third kappa shape index (κ3) is 3.36. The molecule has 0 saturated heterocycles. The molecule has 0 aliphatic carbocycles. The molecule has 1 amide bonds. The Morgan fingerprint density at radius 1 is 1.17 bits per heavy atom. The van der Waals surface area contributed by atoms with Crippen LogP contribution in [0.15, 0.2) is 48.7 Å². The minimum Gasteiger partial charge on any atom is -0.471 e. The topological polar surface area (TPSA) is 42.4 Å². The number of hydrogen-bond donors (Lipinski definition) is 0. The minimum atomic E-state index is -0.105. The Bertz CT molecular complexity index is 692. The molecule has 1 unspecified atom stereocenters. The van der Waals surface area contributed by atoms with Gasteiger partial charge < -0.3 is 9.64 Å². The second-order valence-electron chi connectivity index (χ2n) is 7.00. The maximum absolute atomic E-state index is 12.9. The SMILES string of the molecule is CC(C)(C)C1CN(Cc2ccccc2)C(=O)c2cccnc2O1. The van der Waals surface area contributed by atoms with Gasteiger partial charge in [0.05, 0.1) is 6.54 Å². The first-order chi connectivity index (χ1) is 10.9. The Labute approximate surface area is 137 Å². The molecule has 3 rings (SSSR count). The Hall–Kier alpha value is -2.36. The van der Waals surface area contributed by atoms with Gasteiger partial charge in [-0.15, -0.1) is 0 Å². The molecule has 4 nitrogen and oxygen atoms in total. The van der Waals surface area contributed by atoms with Gasteiger partial charge in [0.2, 0.25) is 5.88 Å². The molecule has 0 bridgehead atoms. The number of benzene rings is 1. The van der Waals surface area contributed by atoms with Gasteiger partial charge in [-0.05, 0) is 17.7 Å². The second kappa shape index (κ2) is 6.03. The number of nitrogens with zero attached hydrogens (tertiary/aromatic N) is 2. The quantitative estimate of drug-likeness (QED) is 0.852. The fourth-order valence-electron chi connectivity index (χ4n) is 2.66. The van der Waals surface area contributed by atoms with Crippen LogP contribution in [-0.4, -0.2) is 28.4 Å². The summed E-state index contributed by atoms with van der Waals surface area (Å²) in [6, 6.07) is 13.6. The number of carbonyl (C=O) groups is 1. The highest BCUT2D eigenvalue weighted by atomic mass is 16.5. The van der Waals surface area contributed by atoms with Crippen LogP contribution in [0.25, 0.3) is 0 Å². The lowest BCUT2D eigenvalue weighted by atomic mass is 9.88. The normalized spacial score (nSPS) is 18.1. The third-order valence-corrected chi connectivity index (χ3v) is 4.11. The molecule has 2 heterocycles. The van der Waals surface area contributed by atoms with E-state index in [2.05, 4.69) is 25.8 Å². The molecule has 23 heavy (non-hydrogen) atoms. The lowest BCUT2D eigenvalue weighted by Crippen LogP contribution is -2.43. The number of aromatic nitrogens is 1. The highest BCUT2D eigenvalue weighted by molar-refractivity contribution is 5.96. The van der Waals surface area contributed by atoms with Crippen LogP contribution in [0.4, 0.5) is 0 Å². The van der Waals surface area contributed by atoms with Gasteiger partial charge in [0.25, 0.3) is 5.91 Å². The maximum Gasteiger partial charge on any atom is 0.259 e. The number of pyridine rings is 1. The van der Waals surface area contributed by atoms with Crippen molar-refractivity contribution in [3.8, 4) is 5.88 Å². The molecule has 2 aromatic rings. The van der Waals surface area contributed by atoms with Gasteiger partial charge in [0, 0.05) is 18.2 Å². The van der Waals surface area contributed by atoms with Gasteiger partial charge in [-0.3, -0.25) is 4.79 Å². The number of hydrogen-bond acceptors (Lipinski definition) is 3. The van der Waals surface area contributed by atoms with Gasteiger partial charge in [-0.1, -0.05) is 51.1 Å². The predicted molar refractivity (Wildman–Crippen MR) is 89.3 cm³/mol. The molecule has 1 aromatic carbocycles. The van der Waals surface area contributed by atoms with Crippen molar-refractivity contribution in [2.24, 2.45) is 5.41 Å². The lowest BCUT2D eigenvalue weighted by molar-refractivity contribution is 0.0452. The summed E-state index contributed by atoms with van der Waals surface area (Å²) in [5.74, 6) is 0.414. The minimum absolute atomic E-state index is 0.0243. The molecular weight excluding hydrogens is 288 g/mol. The van der Waals surface area contributed by atoms with Crippen molar-refractivity contribution < 1.29 is 9.53 Å². The number of amides is 1. The third-order valence-electron chi connectivity index (χ3n) is 4.11. The fraction of sp³-hybridized carbons (Fsp3) is 0.368. The van der Waals surface area contributed by atoms with Gasteiger partial charge in [0.1, 0.15) is 11.7 Å². The zero-order valence-corrected chi connectivity index (χ0v) is 13.8. The van der Waals surface area contributed by atoms with E-state index in [0.29, 0.717) is 24.5 Å². The average Bonchev–Trinajstić information content (AvgIpc) is 2.66. The van der Waals surface area contributed by atoms with Crippen LogP contribution in [0.3, 0.4) is 0 Å². The highest BCUT2D eigenvalue weighted by Crippen LogP contribution is 2.31. The molecule has 1 aromatic heterocycles. The molecule has 1 aliphatic rings. The molecule has 0 spiro atoms. The molecule has 0 N–H and O–H groups in total. The first-order valence-corrected chi connectivity index (χ1v) is 7.90. The number of carbonyl (C=O) groups excluding carboxylic acids is 1. The van der Waals surface area contributed by atoms with Crippen molar-refractivity contribution in [3.05, 3.63) is 59.8 Å². The van der Waals surface area contributed by atoms with Crippen LogP contribution in [0, 0.1) is 5.41 Å². The predicted octanol–water partition coefficient (Wildman–Crippen LogP) is 3.53. The molecule has 0 fully saturated rings. The van der Waals surface area contributed by atoms with Gasteiger partial charge in [-0.25, -0.2) is 4.98 Å². The number of ether oxygens (including phenoxy) is 1. The number of fused-ring (bicyclic) bond motifs is 1. The van der Waals surface area contributed by atoms with E-state index in [1.54, 1.807) is 18.3 Å². The summed E-state index contributed by atoms with van der Waals surface area (Å²) in [7, 11) is 0. The number of rotatable bonds is 2. The van der Waals surface area contributed by atoms with Crippen LogP contribution in [0.5, 0.6) is 5.88 Å². The summed E-state index contributed by atoms with van der Waals surface area (Å²) < 4.78 is 6.09. The largest absolute Gasteiger partial charge is 0.471 e. The van der Waals surface area contributed by atoms with Crippen LogP contribution in [0.1, 0.15) is 36.7 Å². The van der Waals surface area contributed by atoms with Crippen molar-refractivity contribution in [1.29, 1.82) is 0 Å². The molecule has 0 saturated carbocycles. The van der Waals surface area contributed by atoms with E-state index < -0.39 is 0 Å². The van der Waals surface area contributed by atoms with Crippen molar-refractivity contribution in [1.82, 2.24) is 9.88 Å². The van der Waals surface area contributed by atoms with E-state index in [1.165, 1.54) is 0 Å². The van der Waals surface area contributed by atoms with E-state index in [-0.39, 0.29) is 17.4 Å². The van der Waals surface area contributed by atoms with E-state index >= 15 is 0 Å². The van der Waals surface area contributed by atoms with E-state index in [1.807, 2.05) is 35.2 Å².